The summed E-state index contributed by atoms with van der Waals surface area (Å²) in [5, 5.41) is 13.8. The Kier molecular flexibility index (Phi) is 4.01. The molecule has 0 saturated carbocycles. The van der Waals surface area contributed by atoms with Gasteiger partial charge in [-0.2, -0.15) is 0 Å². The minimum absolute atomic E-state index is 0.0556. The highest BCUT2D eigenvalue weighted by atomic mass is 32.2. The van der Waals surface area contributed by atoms with Crippen LogP contribution in [0.2, 0.25) is 0 Å². The summed E-state index contributed by atoms with van der Waals surface area (Å²) in [4.78, 5) is 21.6. The van der Waals surface area contributed by atoms with Crippen molar-refractivity contribution in [1.29, 1.82) is 0 Å². The zero-order valence-corrected chi connectivity index (χ0v) is 13.9. The molecular weight excluding hydrogens is 346 g/mol. The molecule has 25 heavy (non-hydrogen) atoms. The second-order valence-corrected chi connectivity index (χ2v) is 7.06. The van der Waals surface area contributed by atoms with Gasteiger partial charge in [0.25, 0.3) is 15.7 Å². The first kappa shape index (κ1) is 16.7. The number of nitro benzene ring substituents is 1. The van der Waals surface area contributed by atoms with Gasteiger partial charge in [0.05, 0.1) is 16.3 Å². The van der Waals surface area contributed by atoms with E-state index in [1.165, 1.54) is 19.1 Å². The summed E-state index contributed by atoms with van der Waals surface area (Å²) in [6.45, 7) is 1.30. The smallest absolute Gasteiger partial charge is 0.272 e. The molecule has 0 aliphatic carbocycles. The van der Waals surface area contributed by atoms with E-state index in [1.54, 1.807) is 30.3 Å². The molecule has 128 valence electrons. The van der Waals surface area contributed by atoms with Gasteiger partial charge in [0.1, 0.15) is 10.7 Å². The molecule has 2 aromatic rings. The standard InChI is InChI=1S/C16H13N3O5S/c1-11(20)9-16-17-14-8-7-13(19(21)22)10-15(14)25(23,24)18(16)12-5-3-2-4-6-12/h2-10,17H,1H3/b16-9-. The van der Waals surface area contributed by atoms with Crippen molar-refractivity contribution in [2.45, 2.75) is 11.8 Å². The average Bonchev–Trinajstić information content (AvgIpc) is 2.54. The van der Waals surface area contributed by atoms with Crippen LogP contribution in [0.15, 0.2) is 65.3 Å². The molecule has 0 unspecified atom stereocenters. The summed E-state index contributed by atoms with van der Waals surface area (Å²) in [5.41, 5.74) is 0.140. The number of non-ortho nitro benzene ring substituents is 1. The number of ketones is 1. The van der Waals surface area contributed by atoms with Gasteiger partial charge in [0.2, 0.25) is 0 Å². The van der Waals surface area contributed by atoms with E-state index >= 15 is 0 Å². The number of fused-ring (bicyclic) bond motifs is 1. The van der Waals surface area contributed by atoms with Crippen molar-refractivity contribution in [2.24, 2.45) is 0 Å². The predicted molar refractivity (Wildman–Crippen MR) is 91.6 cm³/mol. The maximum absolute atomic E-state index is 13.1. The number of rotatable bonds is 3. The first-order valence-electron chi connectivity index (χ1n) is 7.19. The SMILES string of the molecule is CC(=O)/C=C1/Nc2ccc([N+](=O)[O-])cc2S(=O)(=O)N1c1ccccc1. The molecule has 1 aliphatic rings. The number of sulfonamides is 1. The van der Waals surface area contributed by atoms with Crippen LogP contribution in [0.4, 0.5) is 17.1 Å². The second-order valence-electron chi connectivity index (χ2n) is 5.31. The minimum Gasteiger partial charge on any atom is -0.340 e. The molecule has 1 heterocycles. The Labute approximate surface area is 143 Å². The first-order valence-corrected chi connectivity index (χ1v) is 8.63. The minimum atomic E-state index is -4.14. The van der Waals surface area contributed by atoms with Crippen LogP contribution < -0.4 is 9.62 Å². The van der Waals surface area contributed by atoms with E-state index in [0.29, 0.717) is 5.69 Å². The lowest BCUT2D eigenvalue weighted by atomic mass is 10.2. The third kappa shape index (κ3) is 2.96. The number of allylic oxidation sites excluding steroid dienone is 1. The van der Waals surface area contributed by atoms with Gasteiger partial charge in [0.15, 0.2) is 5.78 Å². The van der Waals surface area contributed by atoms with Crippen molar-refractivity contribution in [3.05, 3.63) is 70.5 Å². The number of benzene rings is 2. The van der Waals surface area contributed by atoms with Gasteiger partial charge in [-0.3, -0.25) is 14.9 Å². The summed E-state index contributed by atoms with van der Waals surface area (Å²) < 4.78 is 27.1. The lowest BCUT2D eigenvalue weighted by Crippen LogP contribution is -2.38. The zero-order chi connectivity index (χ0) is 18.2. The second kappa shape index (κ2) is 6.02. The van der Waals surface area contributed by atoms with Crippen molar-refractivity contribution in [3.63, 3.8) is 0 Å². The maximum atomic E-state index is 13.1. The molecule has 0 amide bonds. The van der Waals surface area contributed by atoms with Crippen molar-refractivity contribution >= 4 is 32.9 Å². The highest BCUT2D eigenvalue weighted by Crippen LogP contribution is 2.38. The molecule has 0 bridgehead atoms. The Morgan fingerprint density at radius 1 is 1.20 bits per heavy atom. The van der Waals surface area contributed by atoms with E-state index < -0.39 is 14.9 Å². The van der Waals surface area contributed by atoms with Crippen LogP contribution in [0.25, 0.3) is 0 Å². The summed E-state index contributed by atoms with van der Waals surface area (Å²) in [7, 11) is -4.14. The van der Waals surface area contributed by atoms with Crippen LogP contribution in [0, 0.1) is 10.1 Å². The Balaban J connectivity index is 2.27. The van der Waals surface area contributed by atoms with Gasteiger partial charge in [-0.05, 0) is 25.1 Å². The fourth-order valence-corrected chi connectivity index (χ4v) is 4.11. The molecule has 2 aromatic carbocycles. The number of hydrogen-bond acceptors (Lipinski definition) is 6. The van der Waals surface area contributed by atoms with Gasteiger partial charge in [-0.1, -0.05) is 18.2 Å². The Morgan fingerprint density at radius 3 is 2.48 bits per heavy atom. The number of carbonyl (C=O) groups is 1. The van der Waals surface area contributed by atoms with Crippen LogP contribution in [0.5, 0.6) is 0 Å². The molecule has 0 spiro atoms. The number of nitro groups is 1. The summed E-state index contributed by atoms with van der Waals surface area (Å²) in [5.74, 6) is -0.288. The summed E-state index contributed by atoms with van der Waals surface area (Å²) in [6, 6.07) is 11.7. The molecule has 0 fully saturated rings. The molecule has 0 atom stereocenters. The normalized spacial score (nSPS) is 16.8. The third-order valence-electron chi connectivity index (χ3n) is 3.51. The van der Waals surface area contributed by atoms with Crippen LogP contribution >= 0.6 is 0 Å². The number of nitrogens with zero attached hydrogens (tertiary/aromatic N) is 2. The number of nitrogens with one attached hydrogen (secondary N) is 1. The summed E-state index contributed by atoms with van der Waals surface area (Å²) in [6.07, 6.45) is 1.16. The maximum Gasteiger partial charge on any atom is 0.272 e. The molecule has 1 N–H and O–H groups in total. The van der Waals surface area contributed by atoms with E-state index in [0.717, 1.165) is 16.4 Å². The molecule has 1 aliphatic heterocycles. The highest BCUT2D eigenvalue weighted by molar-refractivity contribution is 7.93. The fourth-order valence-electron chi connectivity index (χ4n) is 2.49. The lowest BCUT2D eigenvalue weighted by Gasteiger charge is -2.32. The van der Waals surface area contributed by atoms with Crippen LogP contribution in [0.3, 0.4) is 0 Å². The van der Waals surface area contributed by atoms with Gasteiger partial charge in [-0.25, -0.2) is 12.7 Å². The van der Waals surface area contributed by atoms with Crippen molar-refractivity contribution in [3.8, 4) is 0 Å². The molecule has 0 radical (unpaired) electrons. The van der Waals surface area contributed by atoms with E-state index in [1.807, 2.05) is 0 Å². The lowest BCUT2D eigenvalue weighted by molar-refractivity contribution is -0.385. The van der Waals surface area contributed by atoms with Gasteiger partial charge in [-0.15, -0.1) is 0 Å². The predicted octanol–water partition coefficient (Wildman–Crippen LogP) is 2.65. The van der Waals surface area contributed by atoms with E-state index in [9.17, 15) is 23.3 Å². The van der Waals surface area contributed by atoms with E-state index in [-0.39, 0.29) is 27.9 Å². The highest BCUT2D eigenvalue weighted by Gasteiger charge is 2.36. The first-order chi connectivity index (χ1) is 11.8. The molecular formula is C16H13N3O5S. The molecule has 8 nitrogen and oxygen atoms in total. The number of carbonyl (C=O) groups excluding carboxylic acids is 1. The molecule has 0 saturated heterocycles. The number of hydrogen-bond donors (Lipinski definition) is 1. The monoisotopic (exact) mass is 359 g/mol. The van der Waals surface area contributed by atoms with E-state index in [4.69, 9.17) is 0 Å². The molecule has 0 aromatic heterocycles. The Morgan fingerprint density at radius 2 is 1.88 bits per heavy atom. The van der Waals surface area contributed by atoms with Gasteiger partial charge in [0, 0.05) is 18.2 Å². The third-order valence-corrected chi connectivity index (χ3v) is 5.29. The number of para-hydroxylation sites is 1. The molecule has 9 heteroatoms. The largest absolute Gasteiger partial charge is 0.340 e. The van der Waals surface area contributed by atoms with Crippen molar-refractivity contribution < 1.29 is 18.1 Å². The van der Waals surface area contributed by atoms with Crippen LogP contribution in [-0.4, -0.2) is 19.1 Å². The summed E-state index contributed by atoms with van der Waals surface area (Å²) >= 11 is 0. The van der Waals surface area contributed by atoms with Crippen molar-refractivity contribution in [1.82, 2.24) is 0 Å². The van der Waals surface area contributed by atoms with E-state index in [2.05, 4.69) is 5.32 Å². The topological polar surface area (TPSA) is 110 Å². The van der Waals surface area contributed by atoms with Gasteiger partial charge >= 0.3 is 0 Å². The van der Waals surface area contributed by atoms with Gasteiger partial charge < -0.3 is 5.32 Å². The Bertz CT molecular complexity index is 1000. The molecule has 3 rings (SSSR count). The van der Waals surface area contributed by atoms with Crippen molar-refractivity contribution in [2.75, 3.05) is 9.62 Å². The zero-order valence-electron chi connectivity index (χ0n) is 13.0. The number of anilines is 2. The quantitative estimate of drug-likeness (QED) is 0.512. The van der Waals surface area contributed by atoms with Crippen LogP contribution in [-0.2, 0) is 14.8 Å². The fraction of sp³-hybridized carbons (Fsp3) is 0.0625. The van der Waals surface area contributed by atoms with Crippen LogP contribution in [0.1, 0.15) is 6.92 Å². The Hall–Kier alpha value is -3.20. The average molecular weight is 359 g/mol.